The summed E-state index contributed by atoms with van der Waals surface area (Å²) in [6.07, 6.45) is -0.885. The van der Waals surface area contributed by atoms with Crippen LogP contribution in [0.2, 0.25) is 0 Å². The van der Waals surface area contributed by atoms with Gasteiger partial charge in [-0.05, 0) is 57.2 Å². The number of Topliss-reactive ketones (excluding diaryl/α,β-unsaturated/α-hetero) is 1. The summed E-state index contributed by atoms with van der Waals surface area (Å²) in [4.78, 5) is 29.7. The van der Waals surface area contributed by atoms with E-state index in [0.29, 0.717) is 11.1 Å². The molecule has 0 fully saturated rings. The number of fused-ring (bicyclic) bond motifs is 1. The average molecular weight is 404 g/mol. The van der Waals surface area contributed by atoms with Crippen LogP contribution in [0.3, 0.4) is 0 Å². The van der Waals surface area contributed by atoms with Crippen molar-refractivity contribution in [2.45, 2.75) is 26.9 Å². The molecule has 0 aliphatic carbocycles. The lowest BCUT2D eigenvalue weighted by Gasteiger charge is -2.13. The molecule has 0 unspecified atom stereocenters. The first-order chi connectivity index (χ1) is 14.0. The largest absolute Gasteiger partial charge is 0.451 e. The van der Waals surface area contributed by atoms with Crippen molar-refractivity contribution >= 4 is 33.3 Å². The molecule has 0 saturated carbocycles. The molecule has 2 aromatic heterocycles. The number of ether oxygens (including phenoxy) is 1. The van der Waals surface area contributed by atoms with E-state index in [4.69, 9.17) is 4.74 Å². The van der Waals surface area contributed by atoms with E-state index in [1.807, 2.05) is 54.8 Å². The Balaban J connectivity index is 1.55. The Bertz CT molecular complexity index is 1210. The topological polar surface area (TPSA) is 61.2 Å². The van der Waals surface area contributed by atoms with Crippen LogP contribution < -0.4 is 0 Å². The fourth-order valence-corrected chi connectivity index (χ4v) is 4.19. The van der Waals surface area contributed by atoms with Gasteiger partial charge in [0.2, 0.25) is 5.78 Å². The molecule has 0 saturated heterocycles. The predicted molar refractivity (Wildman–Crippen MR) is 114 cm³/mol. The van der Waals surface area contributed by atoms with Crippen LogP contribution in [0.15, 0.2) is 60.1 Å². The number of aryl methyl sites for hydroxylation is 1. The molecule has 0 spiro atoms. The van der Waals surface area contributed by atoms with Crippen molar-refractivity contribution in [2.75, 3.05) is 0 Å². The Morgan fingerprint density at radius 2 is 1.83 bits per heavy atom. The fourth-order valence-electron chi connectivity index (χ4n) is 3.47. The minimum absolute atomic E-state index is 0.215. The first-order valence-electron chi connectivity index (χ1n) is 9.28. The molecule has 0 aliphatic heterocycles. The monoisotopic (exact) mass is 404 g/mol. The van der Waals surface area contributed by atoms with Gasteiger partial charge in [0, 0.05) is 22.6 Å². The summed E-state index contributed by atoms with van der Waals surface area (Å²) < 4.78 is 8.41. The first kappa shape index (κ1) is 19.1. The zero-order chi connectivity index (χ0) is 20.5. The molecule has 2 heterocycles. The number of esters is 1. The van der Waals surface area contributed by atoms with Crippen LogP contribution in [0.4, 0.5) is 0 Å². The normalized spacial score (nSPS) is 12.1. The summed E-state index contributed by atoms with van der Waals surface area (Å²) in [5.41, 5.74) is 6.31. The highest BCUT2D eigenvalue weighted by Gasteiger charge is 2.25. The van der Waals surface area contributed by atoms with Gasteiger partial charge in [-0.15, -0.1) is 11.3 Å². The lowest BCUT2D eigenvalue weighted by molar-refractivity contribution is 0.0318. The van der Waals surface area contributed by atoms with Gasteiger partial charge in [0.25, 0.3) is 0 Å². The third kappa shape index (κ3) is 3.59. The van der Waals surface area contributed by atoms with E-state index in [-0.39, 0.29) is 5.78 Å². The molecule has 29 heavy (non-hydrogen) atoms. The van der Waals surface area contributed by atoms with E-state index in [0.717, 1.165) is 27.3 Å². The lowest BCUT2D eigenvalue weighted by atomic mass is 10.1. The van der Waals surface area contributed by atoms with Crippen molar-refractivity contribution in [3.8, 4) is 5.69 Å². The van der Waals surface area contributed by atoms with Crippen molar-refractivity contribution in [1.82, 2.24) is 9.55 Å². The summed E-state index contributed by atoms with van der Waals surface area (Å²) in [5, 5.41) is 0. The fraction of sp³-hybridized carbons (Fsp3) is 0.174. The van der Waals surface area contributed by atoms with Gasteiger partial charge in [-0.3, -0.25) is 4.79 Å². The molecule has 1 atom stereocenters. The molecule has 5 nitrogen and oxygen atoms in total. The van der Waals surface area contributed by atoms with E-state index in [9.17, 15) is 9.59 Å². The molecule has 0 N–H and O–H groups in total. The number of carbonyl (C=O) groups excluding carboxylic acids is 2. The number of ketones is 1. The van der Waals surface area contributed by atoms with Crippen molar-refractivity contribution in [2.24, 2.45) is 0 Å². The van der Waals surface area contributed by atoms with E-state index in [1.54, 1.807) is 30.6 Å². The van der Waals surface area contributed by atoms with Crippen LogP contribution in [0.25, 0.3) is 15.9 Å². The second kappa shape index (κ2) is 7.64. The van der Waals surface area contributed by atoms with Crippen LogP contribution in [-0.4, -0.2) is 27.4 Å². The molecule has 0 bridgehead atoms. The summed E-state index contributed by atoms with van der Waals surface area (Å²) in [5.74, 6) is -0.731. The zero-order valence-corrected chi connectivity index (χ0v) is 17.2. The third-order valence-electron chi connectivity index (χ3n) is 4.93. The van der Waals surface area contributed by atoms with E-state index >= 15 is 0 Å². The van der Waals surface area contributed by atoms with E-state index < -0.39 is 12.1 Å². The number of nitrogens with zero attached hydrogens (tertiary/aromatic N) is 2. The van der Waals surface area contributed by atoms with Gasteiger partial charge < -0.3 is 9.30 Å². The minimum Gasteiger partial charge on any atom is -0.451 e. The van der Waals surface area contributed by atoms with E-state index in [2.05, 4.69) is 4.98 Å². The van der Waals surface area contributed by atoms with E-state index in [1.165, 1.54) is 11.3 Å². The standard InChI is InChI=1S/C23H20N2O3S/c1-14-11-19(15(2)25(14)18-7-5-4-6-8-18)22(26)16(3)28-23(27)17-9-10-20-21(12-17)29-13-24-20/h4-13,16H,1-3H3/t16-/m1/s1. The van der Waals surface area contributed by atoms with Crippen molar-refractivity contribution in [3.63, 3.8) is 0 Å². The van der Waals surface area contributed by atoms with Crippen molar-refractivity contribution < 1.29 is 14.3 Å². The number of rotatable bonds is 5. The molecular weight excluding hydrogens is 384 g/mol. The first-order valence-corrected chi connectivity index (χ1v) is 10.2. The number of aromatic nitrogens is 2. The maximum absolute atomic E-state index is 13.0. The maximum atomic E-state index is 13.0. The SMILES string of the molecule is Cc1cc(C(=O)[C@@H](C)OC(=O)c2ccc3ncsc3c2)c(C)n1-c1ccccc1. The number of hydrogen-bond acceptors (Lipinski definition) is 5. The highest BCUT2D eigenvalue weighted by atomic mass is 32.1. The second-order valence-electron chi connectivity index (χ2n) is 6.90. The molecule has 4 rings (SSSR count). The Morgan fingerprint density at radius 1 is 1.07 bits per heavy atom. The van der Waals surface area contributed by atoms with Crippen LogP contribution in [0.1, 0.15) is 39.0 Å². The molecule has 0 amide bonds. The number of carbonyl (C=O) groups is 2. The molecule has 0 aliphatic rings. The van der Waals surface area contributed by atoms with Gasteiger partial charge in [0.1, 0.15) is 0 Å². The lowest BCUT2D eigenvalue weighted by Crippen LogP contribution is -2.24. The highest BCUT2D eigenvalue weighted by Crippen LogP contribution is 2.23. The molecule has 146 valence electrons. The molecular formula is C23H20N2O3S. The summed E-state index contributed by atoms with van der Waals surface area (Å²) in [7, 11) is 0. The molecule has 0 radical (unpaired) electrons. The smallest absolute Gasteiger partial charge is 0.338 e. The number of para-hydroxylation sites is 1. The molecule has 4 aromatic rings. The zero-order valence-electron chi connectivity index (χ0n) is 16.4. The Kier molecular flexibility index (Phi) is 5.03. The Morgan fingerprint density at radius 3 is 2.59 bits per heavy atom. The predicted octanol–water partition coefficient (Wildman–Crippen LogP) is 5.13. The number of thiazole rings is 1. The highest BCUT2D eigenvalue weighted by molar-refractivity contribution is 7.16. The maximum Gasteiger partial charge on any atom is 0.338 e. The van der Waals surface area contributed by atoms with Crippen molar-refractivity contribution in [3.05, 3.63) is 82.6 Å². The summed E-state index contributed by atoms with van der Waals surface area (Å²) in [6, 6.07) is 16.9. The average Bonchev–Trinajstić information content (AvgIpc) is 3.31. The molecule has 6 heteroatoms. The van der Waals surface area contributed by atoms with Crippen LogP contribution in [0.5, 0.6) is 0 Å². The van der Waals surface area contributed by atoms with Gasteiger partial charge in [0.05, 0.1) is 21.3 Å². The van der Waals surface area contributed by atoms with Gasteiger partial charge in [0.15, 0.2) is 6.10 Å². The molecule has 2 aromatic carbocycles. The second-order valence-corrected chi connectivity index (χ2v) is 7.79. The van der Waals surface area contributed by atoms with Gasteiger partial charge in [-0.2, -0.15) is 0 Å². The van der Waals surface area contributed by atoms with Crippen LogP contribution in [-0.2, 0) is 4.74 Å². The number of hydrogen-bond donors (Lipinski definition) is 0. The summed E-state index contributed by atoms with van der Waals surface area (Å²) >= 11 is 1.46. The van der Waals surface area contributed by atoms with Crippen LogP contribution in [0, 0.1) is 13.8 Å². The Labute approximate surface area is 172 Å². The van der Waals surface area contributed by atoms with Gasteiger partial charge >= 0.3 is 5.97 Å². The number of benzene rings is 2. The van der Waals surface area contributed by atoms with Crippen molar-refractivity contribution in [1.29, 1.82) is 0 Å². The van der Waals surface area contributed by atoms with Gasteiger partial charge in [-0.1, -0.05) is 18.2 Å². The quantitative estimate of drug-likeness (QED) is 0.342. The summed E-state index contributed by atoms with van der Waals surface area (Å²) in [6.45, 7) is 5.47. The van der Waals surface area contributed by atoms with Gasteiger partial charge in [-0.25, -0.2) is 9.78 Å². The minimum atomic E-state index is -0.885. The third-order valence-corrected chi connectivity index (χ3v) is 5.72. The van der Waals surface area contributed by atoms with Crippen LogP contribution >= 0.6 is 11.3 Å². The Hall–Kier alpha value is -3.25.